The first-order valence-corrected chi connectivity index (χ1v) is 11.0. The second-order valence-electron chi connectivity index (χ2n) is 7.71. The molecule has 1 aliphatic heterocycles. The number of nitrogens with zero attached hydrogens (tertiary/aromatic N) is 2. The number of carbonyl (C=O) groups excluding carboxylic acids is 2. The molecule has 2 aromatic rings. The third-order valence-electron chi connectivity index (χ3n) is 4.94. The Morgan fingerprint density at radius 1 is 0.967 bits per heavy atom. The molecule has 2 amide bonds. The molecular weight excluding hydrogens is 445 g/mol. The van der Waals surface area contributed by atoms with E-state index in [1.807, 2.05) is 11.0 Å². The monoisotopic (exact) mass is 467 g/mol. The molecule has 0 unspecified atom stereocenters. The zero-order valence-electron chi connectivity index (χ0n) is 16.9. The lowest BCUT2D eigenvalue weighted by molar-refractivity contribution is -0.132. The predicted octanol–water partition coefficient (Wildman–Crippen LogP) is 5.59. The summed E-state index contributed by atoms with van der Waals surface area (Å²) in [4.78, 5) is 28.8. The second-order valence-corrected chi connectivity index (χ2v) is 8.96. The summed E-state index contributed by atoms with van der Waals surface area (Å²) in [5, 5.41) is 4.10. The molecule has 5 nitrogen and oxygen atoms in total. The summed E-state index contributed by atoms with van der Waals surface area (Å²) in [7, 11) is 0. The fourth-order valence-electron chi connectivity index (χ4n) is 3.39. The summed E-state index contributed by atoms with van der Waals surface area (Å²) in [6.07, 6.45) is 0.576. The van der Waals surface area contributed by atoms with Gasteiger partial charge in [-0.3, -0.25) is 9.59 Å². The number of hydrogen-bond donors (Lipinski definition) is 1. The van der Waals surface area contributed by atoms with Gasteiger partial charge in [-0.2, -0.15) is 0 Å². The maximum atomic E-state index is 12.5. The van der Waals surface area contributed by atoms with Crippen molar-refractivity contribution in [2.24, 2.45) is 5.92 Å². The number of hydrogen-bond acceptors (Lipinski definition) is 3. The quantitative estimate of drug-likeness (QED) is 0.622. The molecule has 0 spiro atoms. The Balaban J connectivity index is 1.63. The average Bonchev–Trinajstić information content (AvgIpc) is 2.67. The van der Waals surface area contributed by atoms with Gasteiger partial charge in [0.25, 0.3) is 5.91 Å². The van der Waals surface area contributed by atoms with Crippen molar-refractivity contribution in [1.82, 2.24) is 4.90 Å². The Hall–Kier alpha value is -1.95. The van der Waals surface area contributed by atoms with Crippen LogP contribution in [-0.2, 0) is 4.79 Å². The summed E-state index contributed by atoms with van der Waals surface area (Å²) in [6, 6.07) is 10.1. The van der Waals surface area contributed by atoms with Gasteiger partial charge in [-0.05, 0) is 42.3 Å². The van der Waals surface area contributed by atoms with E-state index in [9.17, 15) is 9.59 Å². The van der Waals surface area contributed by atoms with Gasteiger partial charge in [-0.1, -0.05) is 48.7 Å². The fraction of sp³-hybridized carbons (Fsp3) is 0.364. The minimum absolute atomic E-state index is 0.203. The highest BCUT2D eigenvalue weighted by atomic mass is 35.5. The number of piperazine rings is 1. The van der Waals surface area contributed by atoms with E-state index in [2.05, 4.69) is 24.1 Å². The number of nitrogens with one attached hydrogen (secondary N) is 1. The van der Waals surface area contributed by atoms with Crippen LogP contribution in [0.2, 0.25) is 15.1 Å². The Morgan fingerprint density at radius 2 is 1.67 bits per heavy atom. The van der Waals surface area contributed by atoms with E-state index >= 15 is 0 Å². The fourth-order valence-corrected chi connectivity index (χ4v) is 4.18. The minimum atomic E-state index is -0.335. The highest BCUT2D eigenvalue weighted by Gasteiger charge is 2.23. The summed E-state index contributed by atoms with van der Waals surface area (Å²) in [5.41, 5.74) is 1.80. The van der Waals surface area contributed by atoms with Crippen LogP contribution in [0.1, 0.15) is 30.6 Å². The van der Waals surface area contributed by atoms with Crippen molar-refractivity contribution in [1.29, 1.82) is 0 Å². The van der Waals surface area contributed by atoms with Gasteiger partial charge < -0.3 is 15.1 Å². The van der Waals surface area contributed by atoms with Crippen molar-refractivity contribution in [3.63, 3.8) is 0 Å². The van der Waals surface area contributed by atoms with Crippen molar-refractivity contribution in [2.75, 3.05) is 36.4 Å². The van der Waals surface area contributed by atoms with Gasteiger partial charge >= 0.3 is 0 Å². The van der Waals surface area contributed by atoms with Gasteiger partial charge in [0.15, 0.2) is 0 Å². The van der Waals surface area contributed by atoms with Gasteiger partial charge in [0.1, 0.15) is 0 Å². The van der Waals surface area contributed by atoms with Crippen molar-refractivity contribution in [3.8, 4) is 0 Å². The van der Waals surface area contributed by atoms with Gasteiger partial charge in [0, 0.05) is 43.3 Å². The SMILES string of the molecule is CC(C)CC(=O)N1CCN(c2ccc(NC(=O)c3ccc(Cl)cc3Cl)cc2Cl)CC1. The first-order valence-electron chi connectivity index (χ1n) is 9.83. The van der Waals surface area contributed by atoms with E-state index in [0.29, 0.717) is 46.7 Å². The van der Waals surface area contributed by atoms with Crippen molar-refractivity contribution >= 4 is 58.0 Å². The molecular formula is C22H24Cl3N3O2. The Kier molecular flexibility index (Phi) is 7.50. The molecule has 2 aromatic carbocycles. The van der Waals surface area contributed by atoms with Crippen LogP contribution in [-0.4, -0.2) is 42.9 Å². The number of halogens is 3. The van der Waals surface area contributed by atoms with Gasteiger partial charge in [-0.25, -0.2) is 0 Å². The average molecular weight is 469 g/mol. The highest BCUT2D eigenvalue weighted by Crippen LogP contribution is 2.30. The molecule has 1 N–H and O–H groups in total. The molecule has 1 fully saturated rings. The maximum Gasteiger partial charge on any atom is 0.257 e. The number of rotatable bonds is 5. The normalized spacial score (nSPS) is 14.2. The number of benzene rings is 2. The van der Waals surface area contributed by atoms with E-state index in [1.165, 1.54) is 6.07 Å². The first kappa shape index (κ1) is 22.7. The van der Waals surface area contributed by atoms with Crippen LogP contribution in [0.4, 0.5) is 11.4 Å². The molecule has 1 aliphatic rings. The predicted molar refractivity (Wildman–Crippen MR) is 124 cm³/mol. The van der Waals surface area contributed by atoms with E-state index in [0.717, 1.165) is 18.8 Å². The molecule has 160 valence electrons. The Bertz CT molecular complexity index is 941. The van der Waals surface area contributed by atoms with Gasteiger partial charge in [-0.15, -0.1) is 0 Å². The highest BCUT2D eigenvalue weighted by molar-refractivity contribution is 6.37. The molecule has 0 atom stereocenters. The van der Waals surface area contributed by atoms with Crippen LogP contribution in [0.25, 0.3) is 0 Å². The van der Waals surface area contributed by atoms with Gasteiger partial charge in [0.2, 0.25) is 5.91 Å². The Morgan fingerprint density at radius 3 is 2.27 bits per heavy atom. The summed E-state index contributed by atoms with van der Waals surface area (Å²) in [6.45, 7) is 6.89. The van der Waals surface area contributed by atoms with Crippen molar-refractivity contribution in [2.45, 2.75) is 20.3 Å². The third-order valence-corrected chi connectivity index (χ3v) is 5.79. The maximum absolute atomic E-state index is 12.5. The Labute approximate surface area is 191 Å². The van der Waals surface area contributed by atoms with E-state index in [1.54, 1.807) is 24.3 Å². The first-order chi connectivity index (χ1) is 14.2. The molecule has 30 heavy (non-hydrogen) atoms. The van der Waals surface area contributed by atoms with Crippen molar-refractivity contribution < 1.29 is 9.59 Å². The number of carbonyl (C=O) groups is 2. The van der Waals surface area contributed by atoms with Crippen LogP contribution in [0.3, 0.4) is 0 Å². The standard InChI is InChI=1S/C22H24Cl3N3O2/c1-14(2)11-21(29)28-9-7-27(8-10-28)20-6-4-16(13-19(20)25)26-22(30)17-5-3-15(23)12-18(17)24/h3-6,12-14H,7-11H2,1-2H3,(H,26,30). The molecule has 0 aliphatic carbocycles. The lowest BCUT2D eigenvalue weighted by Gasteiger charge is -2.36. The lowest BCUT2D eigenvalue weighted by atomic mass is 10.1. The van der Waals surface area contributed by atoms with E-state index < -0.39 is 0 Å². The number of amides is 2. The molecule has 8 heteroatoms. The zero-order chi connectivity index (χ0) is 21.8. The molecule has 0 radical (unpaired) electrons. The zero-order valence-corrected chi connectivity index (χ0v) is 19.2. The smallest absolute Gasteiger partial charge is 0.257 e. The molecule has 0 saturated carbocycles. The summed E-state index contributed by atoms with van der Waals surface area (Å²) in [5.74, 6) is 0.225. The summed E-state index contributed by atoms with van der Waals surface area (Å²) >= 11 is 18.5. The molecule has 1 saturated heterocycles. The molecule has 0 bridgehead atoms. The largest absolute Gasteiger partial charge is 0.367 e. The van der Waals surface area contributed by atoms with Crippen LogP contribution in [0.5, 0.6) is 0 Å². The van der Waals surface area contributed by atoms with Gasteiger partial charge in [0.05, 0.1) is 21.3 Å². The van der Waals surface area contributed by atoms with E-state index in [4.69, 9.17) is 34.8 Å². The molecule has 0 aromatic heterocycles. The van der Waals surface area contributed by atoms with Crippen LogP contribution in [0.15, 0.2) is 36.4 Å². The van der Waals surface area contributed by atoms with Crippen LogP contribution >= 0.6 is 34.8 Å². The second kappa shape index (κ2) is 9.90. The summed E-state index contributed by atoms with van der Waals surface area (Å²) < 4.78 is 0. The van der Waals surface area contributed by atoms with Crippen LogP contribution in [0, 0.1) is 5.92 Å². The van der Waals surface area contributed by atoms with Crippen LogP contribution < -0.4 is 10.2 Å². The third kappa shape index (κ3) is 5.60. The number of anilines is 2. The minimum Gasteiger partial charge on any atom is -0.367 e. The van der Waals surface area contributed by atoms with E-state index in [-0.39, 0.29) is 16.8 Å². The lowest BCUT2D eigenvalue weighted by Crippen LogP contribution is -2.49. The molecule has 3 rings (SSSR count). The topological polar surface area (TPSA) is 52.7 Å². The van der Waals surface area contributed by atoms with Crippen molar-refractivity contribution in [3.05, 3.63) is 57.0 Å². The molecule has 1 heterocycles.